The highest BCUT2D eigenvalue weighted by Gasteiger charge is 2.40. The van der Waals surface area contributed by atoms with Crippen molar-refractivity contribution in [3.05, 3.63) is 48.0 Å². The average molecular weight is 425 g/mol. The van der Waals surface area contributed by atoms with Gasteiger partial charge in [0.05, 0.1) is 5.60 Å². The summed E-state index contributed by atoms with van der Waals surface area (Å²) in [6, 6.07) is 15.9. The van der Waals surface area contributed by atoms with Crippen LogP contribution in [0.4, 0.5) is 0 Å². The van der Waals surface area contributed by atoms with Crippen molar-refractivity contribution in [3.8, 4) is 0 Å². The van der Waals surface area contributed by atoms with Gasteiger partial charge in [0, 0.05) is 25.0 Å². The number of halogens is 2. The van der Waals surface area contributed by atoms with Gasteiger partial charge in [-0.15, -0.1) is 24.8 Å². The van der Waals surface area contributed by atoms with E-state index in [1.54, 1.807) is 0 Å². The number of hydrogen-bond donors (Lipinski definition) is 2. The Morgan fingerprint density at radius 3 is 2.46 bits per heavy atom. The molecule has 1 aliphatic carbocycles. The van der Waals surface area contributed by atoms with Gasteiger partial charge in [-0.2, -0.15) is 0 Å². The third-order valence-electron chi connectivity index (χ3n) is 6.67. The zero-order chi connectivity index (χ0) is 18.0. The van der Waals surface area contributed by atoms with Crippen LogP contribution in [0.5, 0.6) is 0 Å². The van der Waals surface area contributed by atoms with Crippen LogP contribution in [0.1, 0.15) is 50.0 Å². The van der Waals surface area contributed by atoms with Crippen molar-refractivity contribution in [2.24, 2.45) is 0 Å². The van der Waals surface area contributed by atoms with E-state index in [1.165, 1.54) is 29.2 Å². The van der Waals surface area contributed by atoms with Crippen LogP contribution in [0.25, 0.3) is 10.8 Å². The number of likely N-dealkylation sites (tertiary alicyclic amines) is 1. The first-order valence-corrected chi connectivity index (χ1v) is 10.3. The topological polar surface area (TPSA) is 35.5 Å². The molecule has 1 aliphatic heterocycles. The zero-order valence-corrected chi connectivity index (χ0v) is 18.4. The number of benzene rings is 2. The molecule has 28 heavy (non-hydrogen) atoms. The number of fused-ring (bicyclic) bond motifs is 1. The maximum atomic E-state index is 11.6. The van der Waals surface area contributed by atoms with Crippen molar-refractivity contribution in [1.82, 2.24) is 10.2 Å². The van der Waals surface area contributed by atoms with Gasteiger partial charge in [0.25, 0.3) is 0 Å². The summed E-state index contributed by atoms with van der Waals surface area (Å²) in [5, 5.41) is 17.6. The smallest absolute Gasteiger partial charge is 0.0728 e. The lowest BCUT2D eigenvalue weighted by atomic mass is 9.72. The molecule has 2 aromatic rings. The molecular weight excluding hydrogens is 391 g/mol. The zero-order valence-electron chi connectivity index (χ0n) is 16.8. The van der Waals surface area contributed by atoms with E-state index in [9.17, 15) is 5.11 Å². The van der Waals surface area contributed by atoms with Crippen LogP contribution >= 0.6 is 24.8 Å². The number of nitrogens with one attached hydrogen (secondary N) is 1. The molecule has 1 unspecified atom stereocenters. The Kier molecular flexibility index (Phi) is 8.60. The third-order valence-corrected chi connectivity index (χ3v) is 6.67. The lowest BCUT2D eigenvalue weighted by molar-refractivity contribution is -0.0294. The second kappa shape index (κ2) is 10.3. The van der Waals surface area contributed by atoms with Crippen LogP contribution < -0.4 is 5.32 Å². The second-order valence-corrected chi connectivity index (χ2v) is 8.36. The molecule has 2 atom stereocenters. The van der Waals surface area contributed by atoms with E-state index in [0.717, 1.165) is 45.3 Å². The van der Waals surface area contributed by atoms with Gasteiger partial charge in [0.2, 0.25) is 0 Å². The molecule has 2 fully saturated rings. The van der Waals surface area contributed by atoms with Gasteiger partial charge >= 0.3 is 0 Å². The molecule has 4 rings (SSSR count). The van der Waals surface area contributed by atoms with E-state index in [0.29, 0.717) is 6.04 Å². The normalized spacial score (nSPS) is 23.0. The molecule has 1 heterocycles. The first kappa shape index (κ1) is 23.4. The fourth-order valence-electron chi connectivity index (χ4n) is 5.01. The fraction of sp³-hybridized carbons (Fsp3) is 0.565. The number of aliphatic hydroxyl groups is 1. The van der Waals surface area contributed by atoms with Gasteiger partial charge in [-0.1, -0.05) is 61.7 Å². The molecule has 0 amide bonds. The van der Waals surface area contributed by atoms with Crippen LogP contribution in [-0.4, -0.2) is 48.3 Å². The van der Waals surface area contributed by atoms with Crippen molar-refractivity contribution in [2.45, 2.75) is 56.1 Å². The standard InChI is InChI=1S/C23H32N2O.2ClH/c1-24-21-11-14-25(16-21)17-22(23(26)12-5-2-6-13-23)20-10-9-18-7-3-4-8-19(18)15-20;;/h3-4,7-10,15,21-22,24,26H,2,5-6,11-14,16-17H2,1H3;2*1H/t21-,22?;;/m1../s1. The summed E-state index contributed by atoms with van der Waals surface area (Å²) in [5.41, 5.74) is 0.749. The first-order valence-electron chi connectivity index (χ1n) is 10.3. The minimum Gasteiger partial charge on any atom is -0.389 e. The molecule has 2 N–H and O–H groups in total. The summed E-state index contributed by atoms with van der Waals surface area (Å²) in [4.78, 5) is 2.55. The summed E-state index contributed by atoms with van der Waals surface area (Å²) in [6.07, 6.45) is 6.65. The third kappa shape index (κ3) is 5.01. The maximum Gasteiger partial charge on any atom is 0.0728 e. The van der Waals surface area contributed by atoms with Gasteiger partial charge in [-0.3, -0.25) is 0 Å². The van der Waals surface area contributed by atoms with E-state index in [2.05, 4.69) is 59.7 Å². The molecule has 2 aliphatic rings. The number of nitrogens with zero attached hydrogens (tertiary/aromatic N) is 1. The molecular formula is C23H34Cl2N2O. The lowest BCUT2D eigenvalue weighted by Gasteiger charge is -2.41. The van der Waals surface area contributed by atoms with Crippen LogP contribution in [0.3, 0.4) is 0 Å². The minimum atomic E-state index is -0.557. The Labute approximate surface area is 181 Å². The maximum absolute atomic E-state index is 11.6. The molecule has 1 saturated carbocycles. The van der Waals surface area contributed by atoms with Crippen molar-refractivity contribution in [3.63, 3.8) is 0 Å². The quantitative estimate of drug-likeness (QED) is 0.726. The monoisotopic (exact) mass is 424 g/mol. The predicted molar refractivity (Wildman–Crippen MR) is 123 cm³/mol. The Balaban J connectivity index is 0.00000140. The van der Waals surface area contributed by atoms with Crippen LogP contribution in [-0.2, 0) is 0 Å². The molecule has 0 aromatic heterocycles. The molecule has 0 spiro atoms. The van der Waals surface area contributed by atoms with E-state index < -0.39 is 5.60 Å². The van der Waals surface area contributed by atoms with Crippen LogP contribution in [0, 0.1) is 0 Å². The van der Waals surface area contributed by atoms with E-state index in [4.69, 9.17) is 0 Å². The highest BCUT2D eigenvalue weighted by molar-refractivity contribution is 5.85. The Hall–Kier alpha value is -0.840. The van der Waals surface area contributed by atoms with Gasteiger partial charge in [-0.05, 0) is 49.2 Å². The summed E-state index contributed by atoms with van der Waals surface area (Å²) >= 11 is 0. The Bertz CT molecular complexity index is 748. The van der Waals surface area contributed by atoms with E-state index in [1.807, 2.05) is 0 Å². The predicted octanol–water partition coefficient (Wildman–Crippen LogP) is 4.76. The summed E-state index contributed by atoms with van der Waals surface area (Å²) < 4.78 is 0. The van der Waals surface area contributed by atoms with Crippen molar-refractivity contribution in [1.29, 1.82) is 0 Å². The van der Waals surface area contributed by atoms with Crippen LogP contribution in [0.15, 0.2) is 42.5 Å². The fourth-order valence-corrected chi connectivity index (χ4v) is 5.01. The van der Waals surface area contributed by atoms with Crippen molar-refractivity contribution >= 4 is 35.6 Å². The largest absolute Gasteiger partial charge is 0.389 e. The van der Waals surface area contributed by atoms with Gasteiger partial charge < -0.3 is 15.3 Å². The van der Waals surface area contributed by atoms with Crippen molar-refractivity contribution < 1.29 is 5.11 Å². The molecule has 1 saturated heterocycles. The SMILES string of the molecule is CN[C@@H]1CCN(CC(c2ccc3ccccc3c2)C2(O)CCCCC2)C1.Cl.Cl. The summed E-state index contributed by atoms with van der Waals surface area (Å²) in [7, 11) is 2.06. The molecule has 156 valence electrons. The van der Waals surface area contributed by atoms with Crippen molar-refractivity contribution in [2.75, 3.05) is 26.7 Å². The lowest BCUT2D eigenvalue weighted by Crippen LogP contribution is -2.44. The number of hydrogen-bond acceptors (Lipinski definition) is 3. The molecule has 0 bridgehead atoms. The van der Waals surface area contributed by atoms with Gasteiger partial charge in [-0.25, -0.2) is 0 Å². The molecule has 5 heteroatoms. The Morgan fingerprint density at radius 1 is 1.07 bits per heavy atom. The van der Waals surface area contributed by atoms with Gasteiger partial charge in [0.15, 0.2) is 0 Å². The molecule has 0 radical (unpaired) electrons. The summed E-state index contributed by atoms with van der Waals surface area (Å²) in [5.74, 6) is 0.197. The minimum absolute atomic E-state index is 0. The number of rotatable bonds is 5. The summed E-state index contributed by atoms with van der Waals surface area (Å²) in [6.45, 7) is 3.19. The van der Waals surface area contributed by atoms with E-state index in [-0.39, 0.29) is 30.7 Å². The van der Waals surface area contributed by atoms with Crippen LogP contribution in [0.2, 0.25) is 0 Å². The molecule has 3 nitrogen and oxygen atoms in total. The first-order chi connectivity index (χ1) is 12.7. The number of likely N-dealkylation sites (N-methyl/N-ethyl adjacent to an activating group) is 1. The van der Waals surface area contributed by atoms with Gasteiger partial charge in [0.1, 0.15) is 0 Å². The Morgan fingerprint density at radius 2 is 1.79 bits per heavy atom. The second-order valence-electron chi connectivity index (χ2n) is 8.36. The molecule has 2 aromatic carbocycles. The average Bonchev–Trinajstić information content (AvgIpc) is 3.14. The highest BCUT2D eigenvalue weighted by atomic mass is 35.5. The highest BCUT2D eigenvalue weighted by Crippen LogP contribution is 2.41. The van der Waals surface area contributed by atoms with E-state index >= 15 is 0 Å².